The van der Waals surface area contributed by atoms with E-state index in [1.54, 1.807) is 0 Å². The van der Waals surface area contributed by atoms with Gasteiger partial charge in [0.15, 0.2) is 0 Å². The summed E-state index contributed by atoms with van der Waals surface area (Å²) < 4.78 is 29.9. The number of ether oxygens (including phenoxy) is 1. The van der Waals surface area contributed by atoms with Crippen molar-refractivity contribution >= 4 is 5.57 Å². The molecule has 0 saturated heterocycles. The molecule has 3 rings (SSSR count). The molecule has 0 bridgehead atoms. The molecule has 1 aromatic rings. The number of alkyl halides is 2. The van der Waals surface area contributed by atoms with Crippen LogP contribution >= 0.6 is 0 Å². The van der Waals surface area contributed by atoms with Crippen LogP contribution in [-0.4, -0.2) is 6.61 Å². The Morgan fingerprint density at radius 1 is 1.33 bits per heavy atom. The van der Waals surface area contributed by atoms with Crippen LogP contribution in [0.4, 0.5) is 8.78 Å². The lowest BCUT2D eigenvalue weighted by molar-refractivity contribution is -0.154. The van der Waals surface area contributed by atoms with Gasteiger partial charge in [-0.15, -0.1) is 0 Å². The first-order valence-corrected chi connectivity index (χ1v) is 6.11. The number of allylic oxidation sites excluding steroid dienone is 3. The van der Waals surface area contributed by atoms with Gasteiger partial charge in [0, 0.05) is 0 Å². The lowest BCUT2D eigenvalue weighted by atomic mass is 9.97. The van der Waals surface area contributed by atoms with E-state index in [1.165, 1.54) is 0 Å². The Labute approximate surface area is 105 Å². The molecule has 0 amide bonds. The van der Waals surface area contributed by atoms with Crippen LogP contribution in [0.3, 0.4) is 0 Å². The van der Waals surface area contributed by atoms with Gasteiger partial charge in [-0.1, -0.05) is 35.9 Å². The maximum Gasteiger partial charge on any atom is 0.346 e. The maximum atomic E-state index is 12.6. The van der Waals surface area contributed by atoms with Gasteiger partial charge in [-0.3, -0.25) is 0 Å². The molecule has 0 heterocycles. The lowest BCUT2D eigenvalue weighted by Gasteiger charge is -2.18. The van der Waals surface area contributed by atoms with Crippen molar-refractivity contribution in [2.24, 2.45) is 0 Å². The summed E-state index contributed by atoms with van der Waals surface area (Å²) in [4.78, 5) is 0. The summed E-state index contributed by atoms with van der Waals surface area (Å²) in [7, 11) is 0. The fraction of sp³-hybridized carbons (Fsp3) is 0.333. The highest BCUT2D eigenvalue weighted by Crippen LogP contribution is 2.47. The van der Waals surface area contributed by atoms with E-state index in [1.807, 2.05) is 25.1 Å². The van der Waals surface area contributed by atoms with Crippen LogP contribution in [-0.2, 0) is 4.74 Å². The third-order valence-electron chi connectivity index (χ3n) is 3.55. The number of halogens is 2. The zero-order valence-electron chi connectivity index (χ0n) is 10.1. The number of benzene rings is 1. The maximum absolute atomic E-state index is 12.6. The largest absolute Gasteiger partial charge is 0.346 e. The summed E-state index contributed by atoms with van der Waals surface area (Å²) in [5.41, 5.74) is 5.13. The van der Waals surface area contributed by atoms with Crippen molar-refractivity contribution < 1.29 is 13.5 Å². The monoisotopic (exact) mass is 248 g/mol. The van der Waals surface area contributed by atoms with E-state index < -0.39 is 12.7 Å². The second-order valence-corrected chi connectivity index (χ2v) is 4.75. The minimum absolute atomic E-state index is 0.569. The van der Waals surface area contributed by atoms with E-state index in [0.29, 0.717) is 0 Å². The van der Waals surface area contributed by atoms with Crippen LogP contribution in [0.15, 0.2) is 35.9 Å². The van der Waals surface area contributed by atoms with Gasteiger partial charge in [0.2, 0.25) is 0 Å². The molecule has 1 atom stereocenters. The lowest BCUT2D eigenvalue weighted by Crippen LogP contribution is -2.09. The van der Waals surface area contributed by atoms with E-state index in [-0.39, 0.29) is 0 Å². The quantitative estimate of drug-likeness (QED) is 0.754. The molecule has 94 valence electrons. The standard InChI is InChI=1S/C15H14F2O/c1-9-6-7-12-13(8-9)10-4-2-3-5-11(10)14(12)18-15(16)17/h2,4,6-8,14-15H,3,5H2,1H3. The van der Waals surface area contributed by atoms with E-state index in [4.69, 9.17) is 4.74 Å². The van der Waals surface area contributed by atoms with Crippen molar-refractivity contribution in [1.82, 2.24) is 0 Å². The van der Waals surface area contributed by atoms with Gasteiger partial charge in [0.1, 0.15) is 6.10 Å². The SMILES string of the molecule is Cc1ccc2c(c1)C1=C(CCC=C1)C2OC(F)F. The molecule has 3 heteroatoms. The van der Waals surface area contributed by atoms with Crippen molar-refractivity contribution in [2.45, 2.75) is 32.5 Å². The van der Waals surface area contributed by atoms with Gasteiger partial charge in [-0.2, -0.15) is 8.78 Å². The number of fused-ring (bicyclic) bond motifs is 2. The summed E-state index contributed by atoms with van der Waals surface area (Å²) in [6.45, 7) is -0.726. The van der Waals surface area contributed by atoms with Gasteiger partial charge in [-0.05, 0) is 42.0 Å². The summed E-state index contributed by atoms with van der Waals surface area (Å²) in [5.74, 6) is 0. The van der Waals surface area contributed by atoms with Gasteiger partial charge >= 0.3 is 6.61 Å². The van der Waals surface area contributed by atoms with Gasteiger partial charge in [-0.25, -0.2) is 0 Å². The Kier molecular flexibility index (Phi) is 2.78. The molecule has 0 radical (unpaired) electrons. The van der Waals surface area contributed by atoms with E-state index >= 15 is 0 Å². The van der Waals surface area contributed by atoms with Gasteiger partial charge < -0.3 is 4.74 Å². The smallest absolute Gasteiger partial charge is 0.310 e. The van der Waals surface area contributed by atoms with Crippen LogP contribution in [0.2, 0.25) is 0 Å². The summed E-state index contributed by atoms with van der Waals surface area (Å²) in [6.07, 6.45) is 5.26. The highest BCUT2D eigenvalue weighted by molar-refractivity contribution is 5.85. The minimum Gasteiger partial charge on any atom is -0.310 e. The molecule has 1 nitrogen and oxygen atoms in total. The average Bonchev–Trinajstić information content (AvgIpc) is 2.64. The third kappa shape index (κ3) is 1.79. The number of hydrogen-bond donors (Lipinski definition) is 0. The van der Waals surface area contributed by atoms with Gasteiger partial charge in [0.25, 0.3) is 0 Å². The van der Waals surface area contributed by atoms with Crippen molar-refractivity contribution in [3.63, 3.8) is 0 Å². The molecule has 0 aromatic heterocycles. The molecule has 2 aliphatic rings. The molecule has 0 aliphatic heterocycles. The van der Waals surface area contributed by atoms with Crippen molar-refractivity contribution in [1.29, 1.82) is 0 Å². The first-order chi connectivity index (χ1) is 8.66. The highest BCUT2D eigenvalue weighted by Gasteiger charge is 2.33. The molecule has 1 aromatic carbocycles. The molecule has 0 spiro atoms. The van der Waals surface area contributed by atoms with Gasteiger partial charge in [0.05, 0.1) is 0 Å². The first kappa shape index (κ1) is 11.6. The Bertz CT molecular complexity index is 543. The summed E-state index contributed by atoms with van der Waals surface area (Å²) >= 11 is 0. The van der Waals surface area contributed by atoms with Crippen molar-refractivity contribution in [3.8, 4) is 0 Å². The Balaban J connectivity index is 2.11. The zero-order chi connectivity index (χ0) is 12.7. The predicted molar refractivity (Wildman–Crippen MR) is 66.3 cm³/mol. The first-order valence-electron chi connectivity index (χ1n) is 6.11. The van der Waals surface area contributed by atoms with Crippen LogP contribution in [0, 0.1) is 6.92 Å². The van der Waals surface area contributed by atoms with Crippen LogP contribution in [0.1, 0.15) is 35.6 Å². The van der Waals surface area contributed by atoms with Crippen molar-refractivity contribution in [2.75, 3.05) is 0 Å². The highest BCUT2D eigenvalue weighted by atomic mass is 19.3. The Morgan fingerprint density at radius 3 is 2.94 bits per heavy atom. The summed E-state index contributed by atoms with van der Waals surface area (Å²) in [6, 6.07) is 5.90. The predicted octanol–water partition coefficient (Wildman–Crippen LogP) is 4.39. The van der Waals surface area contributed by atoms with E-state index in [0.717, 1.165) is 40.7 Å². The number of hydrogen-bond acceptors (Lipinski definition) is 1. The van der Waals surface area contributed by atoms with Crippen LogP contribution in [0.25, 0.3) is 5.57 Å². The average molecular weight is 248 g/mol. The van der Waals surface area contributed by atoms with Crippen molar-refractivity contribution in [3.05, 3.63) is 52.6 Å². The third-order valence-corrected chi connectivity index (χ3v) is 3.55. The zero-order valence-corrected chi connectivity index (χ0v) is 10.1. The molecule has 2 aliphatic carbocycles. The molecule has 1 unspecified atom stereocenters. The fourth-order valence-corrected chi connectivity index (χ4v) is 2.79. The molecule has 0 saturated carbocycles. The summed E-state index contributed by atoms with van der Waals surface area (Å²) in [5, 5.41) is 0. The van der Waals surface area contributed by atoms with Crippen LogP contribution < -0.4 is 0 Å². The Morgan fingerprint density at radius 2 is 2.17 bits per heavy atom. The second-order valence-electron chi connectivity index (χ2n) is 4.75. The second kappa shape index (κ2) is 4.32. The minimum atomic E-state index is -2.73. The number of rotatable bonds is 2. The molecular formula is C15H14F2O. The van der Waals surface area contributed by atoms with E-state index in [9.17, 15) is 8.78 Å². The molecule has 18 heavy (non-hydrogen) atoms. The fourth-order valence-electron chi connectivity index (χ4n) is 2.79. The normalized spacial score (nSPS) is 21.4. The van der Waals surface area contributed by atoms with E-state index in [2.05, 4.69) is 12.1 Å². The molecular weight excluding hydrogens is 234 g/mol. The Hall–Kier alpha value is -1.48. The molecule has 0 fully saturated rings. The number of aryl methyl sites for hydroxylation is 1. The topological polar surface area (TPSA) is 9.23 Å². The molecule has 0 N–H and O–H groups in total. The van der Waals surface area contributed by atoms with Crippen LogP contribution in [0.5, 0.6) is 0 Å².